The Kier molecular flexibility index (Phi) is 4.78. The van der Waals surface area contributed by atoms with E-state index in [2.05, 4.69) is 30.2 Å². The van der Waals surface area contributed by atoms with Crippen LogP contribution in [-0.2, 0) is 16.2 Å². The van der Waals surface area contributed by atoms with Crippen molar-refractivity contribution in [2.75, 3.05) is 5.32 Å². The van der Waals surface area contributed by atoms with Crippen LogP contribution in [0.4, 0.5) is 24.7 Å². The third kappa shape index (κ3) is 4.17. The Hall–Kier alpha value is -2.73. The first-order valence-electron chi connectivity index (χ1n) is 7.74. The third-order valence-corrected chi connectivity index (χ3v) is 5.06. The first-order valence-corrected chi connectivity index (χ1v) is 9.22. The lowest BCUT2D eigenvalue weighted by molar-refractivity contribution is -0.144. The molecule has 0 spiro atoms. The molecule has 2 heterocycles. The lowest BCUT2D eigenvalue weighted by Gasteiger charge is -2.12. The molecule has 27 heavy (non-hydrogen) atoms. The van der Waals surface area contributed by atoms with E-state index in [1.54, 1.807) is 13.8 Å². The number of alkyl halides is 3. The molecule has 3 aromatic rings. The van der Waals surface area contributed by atoms with E-state index in [0.29, 0.717) is 5.69 Å². The smallest absolute Gasteiger partial charge is 0.340 e. The van der Waals surface area contributed by atoms with Crippen molar-refractivity contribution in [3.05, 3.63) is 36.3 Å². The van der Waals surface area contributed by atoms with Gasteiger partial charge in [0.15, 0.2) is 5.65 Å². The van der Waals surface area contributed by atoms with Crippen LogP contribution in [0.25, 0.3) is 11.0 Å². The van der Waals surface area contributed by atoms with Gasteiger partial charge in [-0.3, -0.25) is 5.10 Å². The molecule has 8 nitrogen and oxygen atoms in total. The number of hydrogen-bond acceptors (Lipinski definition) is 6. The van der Waals surface area contributed by atoms with Crippen LogP contribution in [0.3, 0.4) is 0 Å². The van der Waals surface area contributed by atoms with Crippen molar-refractivity contribution in [2.45, 2.75) is 31.0 Å². The van der Waals surface area contributed by atoms with Crippen LogP contribution in [0, 0.1) is 0 Å². The highest BCUT2D eigenvalue weighted by molar-refractivity contribution is 7.89. The highest BCUT2D eigenvalue weighted by Crippen LogP contribution is 2.30. The van der Waals surface area contributed by atoms with Gasteiger partial charge in [0.1, 0.15) is 5.82 Å². The highest BCUT2D eigenvalue weighted by atomic mass is 32.2. The van der Waals surface area contributed by atoms with Gasteiger partial charge in [0.05, 0.1) is 16.5 Å². The largest absolute Gasteiger partial charge is 0.451 e. The van der Waals surface area contributed by atoms with Gasteiger partial charge in [0.2, 0.25) is 15.8 Å². The predicted molar refractivity (Wildman–Crippen MR) is 91.9 cm³/mol. The third-order valence-electron chi connectivity index (χ3n) is 3.38. The Bertz CT molecular complexity index is 1060. The minimum absolute atomic E-state index is 0.0360. The fourth-order valence-electron chi connectivity index (χ4n) is 2.29. The van der Waals surface area contributed by atoms with Crippen molar-refractivity contribution in [1.29, 1.82) is 0 Å². The summed E-state index contributed by atoms with van der Waals surface area (Å²) in [4.78, 5) is 6.95. The standard InChI is InChI=1S/C15H15F3N6O2S/c1-8(2)24-27(25,26)10-5-3-9(4-6-10)20-12-11-7-19-23-13(11)22-14(21-12)15(16,17)18/h3-8,24H,1-2H3,(H2,19,20,21,22,23). The molecular formula is C15H15F3N6O2S. The van der Waals surface area contributed by atoms with Crippen LogP contribution in [0.15, 0.2) is 35.4 Å². The number of halogens is 3. The van der Waals surface area contributed by atoms with Crippen LogP contribution in [0.1, 0.15) is 19.7 Å². The number of benzene rings is 1. The van der Waals surface area contributed by atoms with Crippen molar-refractivity contribution in [1.82, 2.24) is 24.9 Å². The topological polar surface area (TPSA) is 113 Å². The van der Waals surface area contributed by atoms with Crippen LogP contribution in [0.2, 0.25) is 0 Å². The predicted octanol–water partition coefficient (Wildman–Crippen LogP) is 2.80. The van der Waals surface area contributed by atoms with Gasteiger partial charge in [-0.05, 0) is 38.1 Å². The summed E-state index contributed by atoms with van der Waals surface area (Å²) in [5.74, 6) is -1.42. The van der Waals surface area contributed by atoms with E-state index in [4.69, 9.17) is 0 Å². The van der Waals surface area contributed by atoms with Crippen molar-refractivity contribution in [3.63, 3.8) is 0 Å². The first-order chi connectivity index (χ1) is 12.6. The van der Waals surface area contributed by atoms with Gasteiger partial charge in [-0.15, -0.1) is 0 Å². The minimum atomic E-state index is -4.73. The maximum Gasteiger partial charge on any atom is 0.451 e. The lowest BCUT2D eigenvalue weighted by atomic mass is 10.3. The SMILES string of the molecule is CC(C)NS(=O)(=O)c1ccc(Nc2nc(C(F)(F)F)nc3[nH]ncc23)cc1. The van der Waals surface area contributed by atoms with E-state index in [9.17, 15) is 21.6 Å². The molecule has 0 fully saturated rings. The number of H-pyrrole nitrogens is 1. The number of sulfonamides is 1. The Morgan fingerprint density at radius 2 is 1.78 bits per heavy atom. The fourth-order valence-corrected chi connectivity index (χ4v) is 3.54. The van der Waals surface area contributed by atoms with Crippen LogP contribution < -0.4 is 10.0 Å². The van der Waals surface area contributed by atoms with Crippen molar-refractivity contribution < 1.29 is 21.6 Å². The molecule has 0 saturated heterocycles. The molecule has 0 aliphatic carbocycles. The summed E-state index contributed by atoms with van der Waals surface area (Å²) in [6.07, 6.45) is -3.43. The van der Waals surface area contributed by atoms with Gasteiger partial charge in [0.25, 0.3) is 0 Å². The maximum atomic E-state index is 13.0. The van der Waals surface area contributed by atoms with Crippen molar-refractivity contribution in [2.24, 2.45) is 0 Å². The van der Waals surface area contributed by atoms with Gasteiger partial charge < -0.3 is 5.32 Å². The molecule has 3 N–H and O–H groups in total. The van der Waals surface area contributed by atoms with Gasteiger partial charge in [0, 0.05) is 11.7 Å². The van der Waals surface area contributed by atoms with Gasteiger partial charge in [-0.2, -0.15) is 18.3 Å². The Labute approximate surface area is 152 Å². The molecule has 0 aliphatic rings. The number of hydrogen-bond donors (Lipinski definition) is 3. The molecule has 12 heteroatoms. The average Bonchev–Trinajstić information content (AvgIpc) is 3.02. The minimum Gasteiger partial charge on any atom is -0.340 e. The molecule has 0 saturated carbocycles. The summed E-state index contributed by atoms with van der Waals surface area (Å²) in [6.45, 7) is 3.38. The molecule has 0 radical (unpaired) electrons. The summed E-state index contributed by atoms with van der Waals surface area (Å²) in [5.41, 5.74) is 0.285. The van der Waals surface area contributed by atoms with Crippen LogP contribution in [0.5, 0.6) is 0 Å². The summed E-state index contributed by atoms with van der Waals surface area (Å²) in [6, 6.07) is 5.26. The van der Waals surface area contributed by atoms with Crippen molar-refractivity contribution in [3.8, 4) is 0 Å². The number of nitrogens with one attached hydrogen (secondary N) is 3. The number of aromatic nitrogens is 4. The zero-order chi connectivity index (χ0) is 19.8. The first kappa shape index (κ1) is 19.0. The van der Waals surface area contributed by atoms with Crippen molar-refractivity contribution >= 4 is 32.6 Å². The number of aromatic amines is 1. The van der Waals surface area contributed by atoms with E-state index in [-0.39, 0.29) is 27.8 Å². The number of anilines is 2. The molecule has 2 aromatic heterocycles. The molecule has 0 amide bonds. The summed E-state index contributed by atoms with van der Waals surface area (Å²) >= 11 is 0. The number of rotatable bonds is 5. The lowest BCUT2D eigenvalue weighted by Crippen LogP contribution is -2.30. The van der Waals surface area contributed by atoms with E-state index < -0.39 is 22.0 Å². The average molecular weight is 400 g/mol. The van der Waals surface area contributed by atoms with Gasteiger partial charge >= 0.3 is 6.18 Å². The fraction of sp³-hybridized carbons (Fsp3) is 0.267. The Morgan fingerprint density at radius 1 is 1.11 bits per heavy atom. The van der Waals surface area contributed by atoms with E-state index in [1.165, 1.54) is 30.5 Å². The molecule has 1 aromatic carbocycles. The van der Waals surface area contributed by atoms with Crippen LogP contribution in [-0.4, -0.2) is 34.6 Å². The van der Waals surface area contributed by atoms with Gasteiger partial charge in [-0.25, -0.2) is 23.1 Å². The second kappa shape index (κ2) is 6.78. The molecule has 0 bridgehead atoms. The Morgan fingerprint density at radius 3 is 2.37 bits per heavy atom. The number of fused-ring (bicyclic) bond motifs is 1. The normalized spacial score (nSPS) is 12.7. The highest BCUT2D eigenvalue weighted by Gasteiger charge is 2.36. The quantitative estimate of drug-likeness (QED) is 0.607. The Balaban J connectivity index is 1.93. The molecular weight excluding hydrogens is 385 g/mol. The zero-order valence-corrected chi connectivity index (χ0v) is 15.0. The second-order valence-electron chi connectivity index (χ2n) is 5.95. The molecule has 3 rings (SSSR count). The molecule has 0 aliphatic heterocycles. The van der Waals surface area contributed by atoms with E-state index >= 15 is 0 Å². The maximum absolute atomic E-state index is 13.0. The summed E-state index contributed by atoms with van der Waals surface area (Å²) < 4.78 is 65.6. The van der Waals surface area contributed by atoms with E-state index in [1.807, 2.05) is 0 Å². The molecule has 0 unspecified atom stereocenters. The zero-order valence-electron chi connectivity index (χ0n) is 14.2. The molecule has 0 atom stereocenters. The summed E-state index contributed by atoms with van der Waals surface area (Å²) in [7, 11) is -3.67. The monoisotopic (exact) mass is 400 g/mol. The second-order valence-corrected chi connectivity index (χ2v) is 7.67. The number of nitrogens with zero attached hydrogens (tertiary/aromatic N) is 3. The summed E-state index contributed by atoms with van der Waals surface area (Å²) in [5, 5.41) is 9.06. The van der Waals surface area contributed by atoms with Gasteiger partial charge in [-0.1, -0.05) is 0 Å². The molecule has 144 valence electrons. The van der Waals surface area contributed by atoms with E-state index in [0.717, 1.165) is 0 Å². The van der Waals surface area contributed by atoms with Crippen LogP contribution >= 0.6 is 0 Å².